The minimum absolute atomic E-state index is 0.0152. The SMILES string of the molecule is CC(C)(C)OC(=O)NCCCC[C@H](NC(=O)[C@H](Cc1ccc(OCc2ccccc2)cc1)NC(=O)OC(C)(C)C)C(=O)N[C@@H](Cc1c[nH]c2c(Br)cccc12)C(=O)Nc1ccc(O)cc1. The van der Waals surface area contributed by atoms with Gasteiger partial charge in [-0.05, 0) is 136 Å². The Morgan fingerprint density at radius 1 is 0.662 bits per heavy atom. The number of aromatic nitrogens is 1. The fraction of sp³-hybridized carbons (Fsp3) is 0.367. The number of unbranched alkanes of at least 4 members (excludes halogenated alkanes) is 1. The minimum atomic E-state index is -1.19. The normalized spacial score (nSPS) is 12.8. The van der Waals surface area contributed by atoms with Crippen LogP contribution in [0.5, 0.6) is 11.5 Å². The van der Waals surface area contributed by atoms with Gasteiger partial charge >= 0.3 is 12.2 Å². The van der Waals surface area contributed by atoms with Crippen molar-refractivity contribution in [1.29, 1.82) is 0 Å². The Bertz CT molecular complexity index is 2380. The number of benzene rings is 4. The third-order valence-corrected chi connectivity index (χ3v) is 10.4. The number of phenolic OH excluding ortho intramolecular Hbond substituents is 1. The number of anilines is 1. The van der Waals surface area contributed by atoms with E-state index in [2.05, 4.69) is 47.5 Å². The van der Waals surface area contributed by atoms with Crippen molar-refractivity contribution in [2.75, 3.05) is 11.9 Å². The Morgan fingerprint density at radius 3 is 1.97 bits per heavy atom. The lowest BCUT2D eigenvalue weighted by Crippen LogP contribution is -2.57. The maximum atomic E-state index is 14.5. The second-order valence-electron chi connectivity index (χ2n) is 17.6. The lowest BCUT2D eigenvalue weighted by molar-refractivity contribution is -0.131. The average Bonchev–Trinajstić information content (AvgIpc) is 3.65. The second kappa shape index (κ2) is 22.9. The molecule has 1 heterocycles. The molecule has 0 aliphatic carbocycles. The fourth-order valence-corrected chi connectivity index (χ4v) is 7.18. The third kappa shape index (κ3) is 16.5. The van der Waals surface area contributed by atoms with Gasteiger partial charge in [-0.15, -0.1) is 0 Å². The summed E-state index contributed by atoms with van der Waals surface area (Å²) in [6.07, 6.45) is 1.35. The zero-order valence-electron chi connectivity index (χ0n) is 37.6. The van der Waals surface area contributed by atoms with Crippen molar-refractivity contribution in [3.63, 3.8) is 0 Å². The first-order valence-corrected chi connectivity index (χ1v) is 22.3. The van der Waals surface area contributed by atoms with Crippen LogP contribution in [-0.4, -0.2) is 75.9 Å². The predicted molar refractivity (Wildman–Crippen MR) is 252 cm³/mol. The molecule has 5 rings (SSSR count). The molecule has 0 fully saturated rings. The molecule has 0 aliphatic heterocycles. The molecule has 346 valence electrons. The first-order valence-electron chi connectivity index (χ1n) is 21.5. The number of alkyl carbamates (subject to hydrolysis) is 2. The van der Waals surface area contributed by atoms with Gasteiger partial charge in [0.1, 0.15) is 47.4 Å². The van der Waals surface area contributed by atoms with Crippen molar-refractivity contribution in [3.05, 3.63) is 124 Å². The van der Waals surface area contributed by atoms with E-state index in [1.807, 2.05) is 48.5 Å². The summed E-state index contributed by atoms with van der Waals surface area (Å²) in [7, 11) is 0. The molecule has 16 heteroatoms. The van der Waals surface area contributed by atoms with E-state index in [-0.39, 0.29) is 31.6 Å². The zero-order valence-corrected chi connectivity index (χ0v) is 39.2. The average molecular weight is 956 g/mol. The molecule has 5 aromatic rings. The number of nitrogens with one attached hydrogen (secondary N) is 6. The molecular formula is C49H59BrN6O9. The molecule has 0 saturated heterocycles. The van der Waals surface area contributed by atoms with E-state index < -0.39 is 59.2 Å². The number of amides is 5. The maximum Gasteiger partial charge on any atom is 0.408 e. The molecule has 0 bridgehead atoms. The van der Waals surface area contributed by atoms with E-state index in [4.69, 9.17) is 14.2 Å². The third-order valence-electron chi connectivity index (χ3n) is 9.78. The lowest BCUT2D eigenvalue weighted by atomic mass is 10.0. The molecule has 0 aliphatic rings. The molecule has 0 radical (unpaired) electrons. The number of carbonyl (C=O) groups excluding carboxylic acids is 5. The Hall–Kier alpha value is -6.55. The lowest BCUT2D eigenvalue weighted by Gasteiger charge is -2.27. The number of rotatable bonds is 19. The van der Waals surface area contributed by atoms with Gasteiger partial charge < -0.3 is 50.9 Å². The summed E-state index contributed by atoms with van der Waals surface area (Å²) < 4.78 is 17.6. The van der Waals surface area contributed by atoms with Crippen LogP contribution in [0.3, 0.4) is 0 Å². The maximum absolute atomic E-state index is 14.5. The Morgan fingerprint density at radius 2 is 1.29 bits per heavy atom. The van der Waals surface area contributed by atoms with Crippen molar-refractivity contribution in [2.24, 2.45) is 0 Å². The number of hydrogen-bond acceptors (Lipinski definition) is 9. The first kappa shape index (κ1) is 49.5. The molecule has 1 aromatic heterocycles. The van der Waals surface area contributed by atoms with Gasteiger partial charge in [0.05, 0.1) is 5.52 Å². The Kier molecular flexibility index (Phi) is 17.4. The summed E-state index contributed by atoms with van der Waals surface area (Å²) in [6, 6.07) is 24.9. The van der Waals surface area contributed by atoms with E-state index in [1.54, 1.807) is 72.0 Å². The summed E-state index contributed by atoms with van der Waals surface area (Å²) in [4.78, 5) is 71.6. The molecule has 4 aromatic carbocycles. The molecule has 3 atom stereocenters. The second-order valence-corrected chi connectivity index (χ2v) is 18.4. The number of halogens is 1. The van der Waals surface area contributed by atoms with Crippen LogP contribution in [0.15, 0.2) is 108 Å². The predicted octanol–water partition coefficient (Wildman–Crippen LogP) is 8.20. The molecule has 0 unspecified atom stereocenters. The van der Waals surface area contributed by atoms with Gasteiger partial charge in [0.15, 0.2) is 0 Å². The van der Waals surface area contributed by atoms with Gasteiger partial charge in [-0.2, -0.15) is 0 Å². The number of H-pyrrole nitrogens is 1. The largest absolute Gasteiger partial charge is 0.508 e. The van der Waals surface area contributed by atoms with Gasteiger partial charge in [0.2, 0.25) is 17.7 Å². The van der Waals surface area contributed by atoms with Crippen LogP contribution in [0.2, 0.25) is 0 Å². The van der Waals surface area contributed by atoms with Gasteiger partial charge in [0.25, 0.3) is 0 Å². The van der Waals surface area contributed by atoms with Crippen molar-refractivity contribution >= 4 is 62.4 Å². The van der Waals surface area contributed by atoms with Crippen LogP contribution in [0, 0.1) is 0 Å². The van der Waals surface area contributed by atoms with Crippen LogP contribution in [0.25, 0.3) is 10.9 Å². The monoisotopic (exact) mass is 954 g/mol. The molecule has 15 nitrogen and oxygen atoms in total. The highest BCUT2D eigenvalue weighted by molar-refractivity contribution is 9.10. The summed E-state index contributed by atoms with van der Waals surface area (Å²) >= 11 is 3.56. The van der Waals surface area contributed by atoms with Crippen molar-refractivity contribution < 1.29 is 43.3 Å². The number of carbonyl (C=O) groups is 5. The van der Waals surface area contributed by atoms with Crippen LogP contribution in [0.4, 0.5) is 15.3 Å². The Labute approximate surface area is 387 Å². The van der Waals surface area contributed by atoms with Crippen LogP contribution < -0.4 is 31.3 Å². The van der Waals surface area contributed by atoms with Crippen molar-refractivity contribution in [2.45, 2.75) is 110 Å². The van der Waals surface area contributed by atoms with E-state index in [9.17, 15) is 29.1 Å². The van der Waals surface area contributed by atoms with Gasteiger partial charge in [0, 0.05) is 41.1 Å². The number of aromatic amines is 1. The molecule has 0 spiro atoms. The molecule has 65 heavy (non-hydrogen) atoms. The van der Waals surface area contributed by atoms with E-state index in [0.29, 0.717) is 36.4 Å². The molecule has 7 N–H and O–H groups in total. The summed E-state index contributed by atoms with van der Waals surface area (Å²) in [5, 5.41) is 24.6. The van der Waals surface area contributed by atoms with E-state index >= 15 is 0 Å². The number of aromatic hydroxyl groups is 1. The Balaban J connectivity index is 1.38. The van der Waals surface area contributed by atoms with Gasteiger partial charge in [-0.3, -0.25) is 14.4 Å². The summed E-state index contributed by atoms with van der Waals surface area (Å²) in [6.45, 7) is 11.0. The number of hydrogen-bond donors (Lipinski definition) is 7. The van der Waals surface area contributed by atoms with E-state index in [1.165, 1.54) is 24.3 Å². The number of ether oxygens (including phenoxy) is 3. The van der Waals surface area contributed by atoms with Gasteiger partial charge in [-0.25, -0.2) is 9.59 Å². The summed E-state index contributed by atoms with van der Waals surface area (Å²) in [5.74, 6) is -1.23. The molecule has 0 saturated carbocycles. The van der Waals surface area contributed by atoms with Crippen LogP contribution in [0.1, 0.15) is 77.5 Å². The number of para-hydroxylation sites is 1. The number of fused-ring (bicyclic) bond motifs is 1. The molecule has 5 amide bonds. The van der Waals surface area contributed by atoms with Crippen LogP contribution in [-0.2, 0) is 43.3 Å². The van der Waals surface area contributed by atoms with Gasteiger partial charge in [-0.1, -0.05) is 54.6 Å². The highest BCUT2D eigenvalue weighted by Crippen LogP contribution is 2.27. The highest BCUT2D eigenvalue weighted by atomic mass is 79.9. The first-order chi connectivity index (χ1) is 30.8. The fourth-order valence-electron chi connectivity index (χ4n) is 6.70. The number of phenols is 1. The smallest absolute Gasteiger partial charge is 0.408 e. The quantitative estimate of drug-likeness (QED) is 0.0314. The highest BCUT2D eigenvalue weighted by Gasteiger charge is 2.31. The van der Waals surface area contributed by atoms with Crippen molar-refractivity contribution in [3.8, 4) is 11.5 Å². The topological polar surface area (TPSA) is 209 Å². The summed E-state index contributed by atoms with van der Waals surface area (Å²) in [5.41, 5.74) is 2.10. The van der Waals surface area contributed by atoms with Crippen LogP contribution >= 0.6 is 15.9 Å². The zero-order chi connectivity index (χ0) is 47.1. The molecular weight excluding hydrogens is 896 g/mol. The van der Waals surface area contributed by atoms with Crippen molar-refractivity contribution in [1.82, 2.24) is 26.3 Å². The standard InChI is InChI=1S/C49H59BrN6O9/c1-48(2,3)64-46(61)51-26-11-10-17-39(43(58)55-41(44(59)53-34-20-22-35(57)23-21-34)28-33-29-52-42-37(33)15-12-16-38(42)50)54-45(60)40(56-47(62)65-49(4,5)6)27-31-18-24-36(25-19-31)63-30-32-13-8-7-9-14-32/h7-9,12-16,18-25,29,39-41,52,57H,10-11,17,26-28,30H2,1-6H3,(H,51,61)(H,53,59)(H,54,60)(H,55,58)(H,56,62)/t39-,40-,41-/m0/s1. The minimum Gasteiger partial charge on any atom is -0.508 e. The van der Waals surface area contributed by atoms with E-state index in [0.717, 1.165) is 26.5 Å².